The fraction of sp³-hybridized carbons (Fsp3) is 0.229. The minimum absolute atomic E-state index is 0.0138. The number of carbonyl (C=O) groups is 1. The van der Waals surface area contributed by atoms with Crippen molar-refractivity contribution in [1.82, 2.24) is 0 Å². The summed E-state index contributed by atoms with van der Waals surface area (Å²) in [5.41, 5.74) is 0.162. The lowest BCUT2D eigenvalue weighted by Crippen LogP contribution is -2.57. The number of ether oxygens (including phenoxy) is 5. The maximum absolute atomic E-state index is 13.0. The van der Waals surface area contributed by atoms with E-state index in [2.05, 4.69) is 0 Å². The molecule has 65 heavy (non-hydrogen) atoms. The van der Waals surface area contributed by atoms with Crippen molar-refractivity contribution in [3.63, 3.8) is 0 Å². The van der Waals surface area contributed by atoms with Gasteiger partial charge in [-0.05, 0) is 59.7 Å². The molecule has 9 atom stereocenters. The number of phenolic OH excluding ortho intramolecular Hbond substituents is 8. The van der Waals surface area contributed by atoms with Gasteiger partial charge < -0.3 is 79.9 Å². The van der Waals surface area contributed by atoms with Crippen LogP contribution in [0.4, 0.5) is 0 Å². The maximum atomic E-state index is 13.0. The molecule has 10 rings (SSSR count). The van der Waals surface area contributed by atoms with Crippen molar-refractivity contribution in [1.29, 1.82) is 0 Å². The smallest absolute Gasteiger partial charge is 0.306 e. The second-order valence-corrected chi connectivity index (χ2v) is 16.4. The van der Waals surface area contributed by atoms with E-state index in [-0.39, 0.29) is 79.2 Å². The van der Waals surface area contributed by atoms with Gasteiger partial charge in [0.25, 0.3) is 0 Å². The number of aliphatic hydroxyl groups is 3. The monoisotopic (exact) mass is 888 g/mol. The van der Waals surface area contributed by atoms with Gasteiger partial charge in [-0.25, -0.2) is 0 Å². The molecule has 0 radical (unpaired) electrons. The lowest BCUT2D eigenvalue weighted by atomic mass is 9.71. The van der Waals surface area contributed by atoms with Crippen LogP contribution in [0, 0.1) is 0 Å². The number of esters is 1. The van der Waals surface area contributed by atoms with Crippen LogP contribution in [0.25, 0.3) is 0 Å². The summed E-state index contributed by atoms with van der Waals surface area (Å²) in [5, 5.41) is 126. The highest BCUT2D eigenvalue weighted by atomic mass is 16.7. The molecule has 0 amide bonds. The summed E-state index contributed by atoms with van der Waals surface area (Å²) in [4.78, 5) is 13.0. The Hall–Kier alpha value is -7.73. The van der Waals surface area contributed by atoms with Gasteiger partial charge in [0, 0.05) is 63.6 Å². The van der Waals surface area contributed by atoms with Crippen molar-refractivity contribution in [2.75, 3.05) is 7.11 Å². The summed E-state index contributed by atoms with van der Waals surface area (Å²) >= 11 is 0. The summed E-state index contributed by atoms with van der Waals surface area (Å²) in [6.07, 6.45) is -8.31. The molecule has 6 aromatic rings. The van der Waals surface area contributed by atoms with Gasteiger partial charge in [0.15, 0.2) is 12.2 Å². The fourth-order valence-electron chi connectivity index (χ4n) is 9.81. The quantitative estimate of drug-likeness (QED) is 0.0955. The summed E-state index contributed by atoms with van der Waals surface area (Å²) < 4.78 is 31.1. The van der Waals surface area contributed by atoms with Crippen LogP contribution >= 0.6 is 0 Å². The average Bonchev–Trinajstić information content (AvgIpc) is 3.26. The van der Waals surface area contributed by atoms with E-state index in [1.165, 1.54) is 84.9 Å². The van der Waals surface area contributed by atoms with Crippen LogP contribution in [-0.4, -0.2) is 87.6 Å². The zero-order valence-corrected chi connectivity index (χ0v) is 33.9. The van der Waals surface area contributed by atoms with Gasteiger partial charge in [0.1, 0.15) is 87.3 Å². The standard InChI is InChI=1S/C48H40O17/c1-61-33(57)16-26-34-28(54)17-29(55)36(45(34)62-43(41(26)58)19-2-8-22(49)9-3-19)39-37-30(56)18-32-38(46(37)63-44(42(39)59)20-4-10-23(50)11-5-20)40-35-27(53)14-25(52)15-31(35)64-48(65-32,47(40)60)21-6-12-24(51)13-7-21/h2-15,17-18,26,39-44,47,49-56,58-60H,16H2,1H3/t26-,39-,40+,41+,42+,43+,44+,47+,48-/m0/s1. The molecule has 0 spiro atoms. The van der Waals surface area contributed by atoms with Gasteiger partial charge in [-0.2, -0.15) is 0 Å². The Morgan fingerprint density at radius 3 is 1.58 bits per heavy atom. The minimum Gasteiger partial charge on any atom is -0.508 e. The molecule has 0 fully saturated rings. The molecule has 0 aromatic heterocycles. The largest absolute Gasteiger partial charge is 0.508 e. The first-order valence-corrected chi connectivity index (χ1v) is 20.3. The summed E-state index contributed by atoms with van der Waals surface area (Å²) in [6.45, 7) is 0. The van der Waals surface area contributed by atoms with E-state index in [4.69, 9.17) is 23.7 Å². The van der Waals surface area contributed by atoms with E-state index in [9.17, 15) is 61.0 Å². The van der Waals surface area contributed by atoms with Gasteiger partial charge in [-0.3, -0.25) is 4.79 Å². The molecule has 6 aromatic carbocycles. The molecule has 0 aliphatic carbocycles. The SMILES string of the molecule is COC(=O)C[C@H]1c2c(O)cc(O)c([C@H]3c4c(O)cc5c(c4O[C@H](c4ccc(O)cc4)[C@@H]3O)[C@H]3c4c(O)cc(O)cc4O[C@@](c4ccc(O)cc4)(O5)[C@@H]3O)c2O[C@H](c2ccc(O)cc2)[C@@H]1O. The van der Waals surface area contributed by atoms with E-state index in [1.54, 1.807) is 0 Å². The summed E-state index contributed by atoms with van der Waals surface area (Å²) in [7, 11) is 1.14. The summed E-state index contributed by atoms with van der Waals surface area (Å²) in [5.74, 6) is -11.0. The second kappa shape index (κ2) is 14.9. The molecule has 17 nitrogen and oxygen atoms in total. The number of hydrogen-bond donors (Lipinski definition) is 11. The third-order valence-electron chi connectivity index (χ3n) is 12.8. The van der Waals surface area contributed by atoms with E-state index in [0.29, 0.717) is 5.56 Å². The zero-order valence-electron chi connectivity index (χ0n) is 33.9. The third kappa shape index (κ3) is 6.29. The lowest BCUT2D eigenvalue weighted by molar-refractivity contribution is -0.219. The van der Waals surface area contributed by atoms with Crippen LogP contribution < -0.4 is 18.9 Å². The predicted molar refractivity (Wildman–Crippen MR) is 223 cm³/mol. The van der Waals surface area contributed by atoms with Crippen LogP contribution in [0.3, 0.4) is 0 Å². The molecule has 4 aliphatic rings. The molecular weight excluding hydrogens is 849 g/mol. The number of fused-ring (bicyclic) bond motifs is 9. The molecule has 0 saturated heterocycles. The predicted octanol–water partition coefficient (Wildman–Crippen LogP) is 5.23. The maximum Gasteiger partial charge on any atom is 0.306 e. The number of aliphatic hydroxyl groups excluding tert-OH is 3. The number of aromatic hydroxyl groups is 8. The molecular formula is C48H40O17. The Balaban J connectivity index is 1.26. The number of rotatable bonds is 6. The molecule has 11 N–H and O–H groups in total. The normalized spacial score (nSPS) is 25.8. The van der Waals surface area contributed by atoms with Crippen molar-refractivity contribution < 1.29 is 84.7 Å². The topological polar surface area (TPSA) is 286 Å². The van der Waals surface area contributed by atoms with E-state index < -0.39 is 95.2 Å². The fourth-order valence-corrected chi connectivity index (χ4v) is 9.81. The van der Waals surface area contributed by atoms with Crippen LogP contribution in [0.1, 0.15) is 80.9 Å². The van der Waals surface area contributed by atoms with E-state index in [0.717, 1.165) is 19.2 Å². The van der Waals surface area contributed by atoms with Crippen LogP contribution in [-0.2, 0) is 15.3 Å². The first-order valence-electron chi connectivity index (χ1n) is 20.3. The van der Waals surface area contributed by atoms with Crippen molar-refractivity contribution in [3.8, 4) is 69.0 Å². The van der Waals surface area contributed by atoms with Crippen LogP contribution in [0.2, 0.25) is 0 Å². The highest BCUT2D eigenvalue weighted by Gasteiger charge is 2.61. The number of methoxy groups -OCH3 is 1. The van der Waals surface area contributed by atoms with Gasteiger partial charge in [-0.15, -0.1) is 0 Å². The number of phenols is 8. The lowest BCUT2D eigenvalue weighted by Gasteiger charge is -2.51. The molecule has 0 unspecified atom stereocenters. The molecule has 4 aliphatic heterocycles. The van der Waals surface area contributed by atoms with Crippen molar-refractivity contribution in [2.24, 2.45) is 0 Å². The Morgan fingerprint density at radius 1 is 0.538 bits per heavy atom. The highest BCUT2D eigenvalue weighted by molar-refractivity contribution is 5.74. The Morgan fingerprint density at radius 2 is 1.02 bits per heavy atom. The highest BCUT2D eigenvalue weighted by Crippen LogP contribution is 2.65. The van der Waals surface area contributed by atoms with Gasteiger partial charge >= 0.3 is 11.8 Å². The second-order valence-electron chi connectivity index (χ2n) is 16.4. The Labute approximate surface area is 368 Å². The molecule has 17 heteroatoms. The average molecular weight is 889 g/mol. The van der Waals surface area contributed by atoms with Crippen LogP contribution in [0.15, 0.2) is 97.1 Å². The van der Waals surface area contributed by atoms with Crippen LogP contribution in [0.5, 0.6) is 69.0 Å². The molecule has 0 saturated carbocycles. The molecule has 334 valence electrons. The molecule has 2 bridgehead atoms. The van der Waals surface area contributed by atoms with Gasteiger partial charge in [-0.1, -0.05) is 24.3 Å². The van der Waals surface area contributed by atoms with E-state index in [1.807, 2.05) is 0 Å². The number of hydrogen-bond acceptors (Lipinski definition) is 17. The molecule has 4 heterocycles. The number of carbonyl (C=O) groups excluding carboxylic acids is 1. The zero-order chi connectivity index (χ0) is 45.8. The van der Waals surface area contributed by atoms with Gasteiger partial charge in [0.05, 0.1) is 25.4 Å². The third-order valence-corrected chi connectivity index (χ3v) is 12.8. The van der Waals surface area contributed by atoms with E-state index >= 15 is 0 Å². The minimum atomic E-state index is -2.13. The first-order chi connectivity index (χ1) is 31.1. The van der Waals surface area contributed by atoms with Crippen molar-refractivity contribution in [3.05, 3.63) is 142 Å². The Kier molecular flexibility index (Phi) is 9.49. The van der Waals surface area contributed by atoms with Gasteiger partial charge in [0.2, 0.25) is 0 Å². The number of benzene rings is 6. The van der Waals surface area contributed by atoms with Crippen molar-refractivity contribution >= 4 is 5.97 Å². The summed E-state index contributed by atoms with van der Waals surface area (Å²) in [6, 6.07) is 21.1. The Bertz CT molecular complexity index is 2880. The van der Waals surface area contributed by atoms with Crippen molar-refractivity contribution in [2.45, 2.75) is 60.5 Å². The first kappa shape index (κ1) is 41.3.